The lowest BCUT2D eigenvalue weighted by Crippen LogP contribution is -2.04. The first-order valence-electron chi connectivity index (χ1n) is 5.96. The Balaban J connectivity index is 2.48. The molecule has 0 atom stereocenters. The van der Waals surface area contributed by atoms with Gasteiger partial charge in [-0.3, -0.25) is 0 Å². The van der Waals surface area contributed by atoms with E-state index in [1.807, 2.05) is 0 Å². The molecular formula is C15H11F5O. The Labute approximate surface area is 118 Å². The molecule has 0 fully saturated rings. The third kappa shape index (κ3) is 3.32. The first-order valence-corrected chi connectivity index (χ1v) is 5.96. The molecule has 0 N–H and O–H groups in total. The second kappa shape index (κ2) is 5.71. The lowest BCUT2D eigenvalue weighted by atomic mass is 10.0. The van der Waals surface area contributed by atoms with Crippen molar-refractivity contribution in [3.63, 3.8) is 0 Å². The minimum absolute atomic E-state index is 0.0556. The molecule has 2 rings (SSSR count). The molecule has 0 amide bonds. The van der Waals surface area contributed by atoms with Crippen LogP contribution in [-0.4, -0.2) is 7.11 Å². The van der Waals surface area contributed by atoms with Gasteiger partial charge in [0.05, 0.1) is 18.2 Å². The third-order valence-electron chi connectivity index (χ3n) is 2.99. The maximum absolute atomic E-state index is 12.7. The molecule has 6 heteroatoms. The summed E-state index contributed by atoms with van der Waals surface area (Å²) in [5.74, 6) is -0.0556. The number of alkyl halides is 5. The molecule has 0 aromatic heterocycles. The average Bonchev–Trinajstić information content (AvgIpc) is 2.45. The van der Waals surface area contributed by atoms with Crippen molar-refractivity contribution in [1.82, 2.24) is 0 Å². The molecule has 0 unspecified atom stereocenters. The number of benzene rings is 2. The van der Waals surface area contributed by atoms with E-state index in [4.69, 9.17) is 4.74 Å². The van der Waals surface area contributed by atoms with Crippen LogP contribution in [0.1, 0.15) is 17.6 Å². The zero-order valence-corrected chi connectivity index (χ0v) is 10.9. The summed E-state index contributed by atoms with van der Waals surface area (Å²) in [5, 5.41) is 0. The molecule has 2 aromatic carbocycles. The largest absolute Gasteiger partial charge is 0.496 e. The fraction of sp³-hybridized carbons (Fsp3) is 0.200. The Hall–Kier alpha value is -2.11. The zero-order chi connectivity index (χ0) is 15.6. The van der Waals surface area contributed by atoms with Crippen molar-refractivity contribution in [2.75, 3.05) is 7.11 Å². The van der Waals surface area contributed by atoms with Crippen LogP contribution in [0.5, 0.6) is 5.75 Å². The summed E-state index contributed by atoms with van der Waals surface area (Å²) in [7, 11) is 1.23. The maximum Gasteiger partial charge on any atom is 0.416 e. The summed E-state index contributed by atoms with van der Waals surface area (Å²) in [6.07, 6.45) is -7.17. The molecule has 0 aliphatic heterocycles. The quantitative estimate of drug-likeness (QED) is 0.697. The van der Waals surface area contributed by atoms with Crippen LogP contribution in [-0.2, 0) is 6.18 Å². The van der Waals surface area contributed by atoms with Crippen LogP contribution in [0, 0.1) is 0 Å². The summed E-state index contributed by atoms with van der Waals surface area (Å²) in [5.41, 5.74) is -0.434. The smallest absolute Gasteiger partial charge is 0.416 e. The van der Waals surface area contributed by atoms with Crippen LogP contribution in [0.2, 0.25) is 0 Å². The second-order valence-corrected chi connectivity index (χ2v) is 4.34. The molecule has 2 aromatic rings. The van der Waals surface area contributed by atoms with E-state index < -0.39 is 18.2 Å². The highest BCUT2D eigenvalue weighted by atomic mass is 19.4. The normalized spacial score (nSPS) is 11.8. The maximum atomic E-state index is 12.7. The zero-order valence-electron chi connectivity index (χ0n) is 10.9. The number of hydrogen-bond donors (Lipinski definition) is 0. The molecule has 0 spiro atoms. The highest BCUT2D eigenvalue weighted by Crippen LogP contribution is 2.35. The molecular weight excluding hydrogens is 291 g/mol. The van der Waals surface area contributed by atoms with Crippen LogP contribution >= 0.6 is 0 Å². The highest BCUT2D eigenvalue weighted by Gasteiger charge is 2.30. The van der Waals surface area contributed by atoms with E-state index in [0.29, 0.717) is 5.56 Å². The van der Waals surface area contributed by atoms with Gasteiger partial charge in [-0.05, 0) is 35.4 Å². The van der Waals surface area contributed by atoms with Crippen LogP contribution in [0.25, 0.3) is 11.1 Å². The second-order valence-electron chi connectivity index (χ2n) is 4.34. The Morgan fingerprint density at radius 3 is 2.19 bits per heavy atom. The van der Waals surface area contributed by atoms with Crippen molar-refractivity contribution in [2.24, 2.45) is 0 Å². The predicted octanol–water partition coefficient (Wildman–Crippen LogP) is 5.32. The van der Waals surface area contributed by atoms with Crippen molar-refractivity contribution < 1.29 is 26.7 Å². The molecule has 0 heterocycles. The molecule has 0 saturated carbocycles. The van der Waals surface area contributed by atoms with Crippen molar-refractivity contribution in [1.29, 1.82) is 0 Å². The highest BCUT2D eigenvalue weighted by molar-refractivity contribution is 5.67. The molecule has 0 radical (unpaired) electrons. The van der Waals surface area contributed by atoms with Gasteiger partial charge in [-0.25, -0.2) is 8.78 Å². The minimum Gasteiger partial charge on any atom is -0.496 e. The van der Waals surface area contributed by atoms with E-state index in [1.165, 1.54) is 31.4 Å². The van der Waals surface area contributed by atoms with Crippen LogP contribution in [0.4, 0.5) is 22.0 Å². The van der Waals surface area contributed by atoms with Crippen molar-refractivity contribution >= 4 is 0 Å². The molecule has 0 aliphatic carbocycles. The summed E-state index contributed by atoms with van der Waals surface area (Å²) >= 11 is 0. The summed E-state index contributed by atoms with van der Waals surface area (Å²) in [6, 6.07) is 8.47. The van der Waals surface area contributed by atoms with Gasteiger partial charge in [0, 0.05) is 0 Å². The fourth-order valence-electron chi connectivity index (χ4n) is 1.95. The Bertz CT molecular complexity index is 634. The van der Waals surface area contributed by atoms with Crippen LogP contribution < -0.4 is 4.74 Å². The average molecular weight is 302 g/mol. The van der Waals surface area contributed by atoms with Gasteiger partial charge in [0.25, 0.3) is 6.43 Å². The van der Waals surface area contributed by atoms with Gasteiger partial charge in [-0.1, -0.05) is 18.2 Å². The number of halogens is 5. The molecule has 0 aliphatic rings. The number of ether oxygens (including phenoxy) is 1. The first kappa shape index (κ1) is 15.3. The third-order valence-corrected chi connectivity index (χ3v) is 2.99. The summed E-state index contributed by atoms with van der Waals surface area (Å²) < 4.78 is 68.4. The standard InChI is InChI=1S/C15H11F5O/c1-21-13-8-10(5-6-12(13)14(16)17)9-3-2-4-11(7-9)15(18,19)20/h2-8,14H,1H3. The molecule has 21 heavy (non-hydrogen) atoms. The number of hydrogen-bond acceptors (Lipinski definition) is 1. The topological polar surface area (TPSA) is 9.23 Å². The van der Waals surface area contributed by atoms with E-state index in [9.17, 15) is 22.0 Å². The number of methoxy groups -OCH3 is 1. The van der Waals surface area contributed by atoms with Gasteiger partial charge in [-0.2, -0.15) is 13.2 Å². The van der Waals surface area contributed by atoms with Gasteiger partial charge >= 0.3 is 6.18 Å². The molecule has 0 saturated heterocycles. The van der Waals surface area contributed by atoms with Gasteiger partial charge in [0.15, 0.2) is 0 Å². The SMILES string of the molecule is COc1cc(-c2cccc(C(F)(F)F)c2)ccc1C(F)F. The molecule has 112 valence electrons. The van der Waals surface area contributed by atoms with Gasteiger partial charge in [0.2, 0.25) is 0 Å². The monoisotopic (exact) mass is 302 g/mol. The Kier molecular flexibility index (Phi) is 4.16. The van der Waals surface area contributed by atoms with E-state index >= 15 is 0 Å². The minimum atomic E-state index is -4.46. The van der Waals surface area contributed by atoms with E-state index in [1.54, 1.807) is 0 Å². The Morgan fingerprint density at radius 1 is 0.952 bits per heavy atom. The van der Waals surface area contributed by atoms with E-state index in [2.05, 4.69) is 0 Å². The van der Waals surface area contributed by atoms with E-state index in [-0.39, 0.29) is 16.9 Å². The molecule has 0 bridgehead atoms. The van der Waals surface area contributed by atoms with Crippen molar-refractivity contribution in [3.05, 3.63) is 53.6 Å². The van der Waals surface area contributed by atoms with Crippen LogP contribution in [0.15, 0.2) is 42.5 Å². The summed E-state index contributed by atoms with van der Waals surface area (Å²) in [6.45, 7) is 0. The van der Waals surface area contributed by atoms with Crippen molar-refractivity contribution in [2.45, 2.75) is 12.6 Å². The number of rotatable bonds is 3. The molecule has 1 nitrogen and oxygen atoms in total. The Morgan fingerprint density at radius 2 is 1.62 bits per heavy atom. The van der Waals surface area contributed by atoms with Gasteiger partial charge in [-0.15, -0.1) is 0 Å². The van der Waals surface area contributed by atoms with E-state index in [0.717, 1.165) is 18.2 Å². The van der Waals surface area contributed by atoms with Crippen LogP contribution in [0.3, 0.4) is 0 Å². The lowest BCUT2D eigenvalue weighted by molar-refractivity contribution is -0.137. The lowest BCUT2D eigenvalue weighted by Gasteiger charge is -2.12. The fourth-order valence-corrected chi connectivity index (χ4v) is 1.95. The first-order chi connectivity index (χ1) is 9.82. The van der Waals surface area contributed by atoms with Gasteiger partial charge in [0.1, 0.15) is 5.75 Å². The predicted molar refractivity (Wildman–Crippen MR) is 68.4 cm³/mol. The summed E-state index contributed by atoms with van der Waals surface area (Å²) in [4.78, 5) is 0. The van der Waals surface area contributed by atoms with Gasteiger partial charge < -0.3 is 4.74 Å². The van der Waals surface area contributed by atoms with Crippen molar-refractivity contribution in [3.8, 4) is 16.9 Å².